The van der Waals surface area contributed by atoms with Gasteiger partial charge >= 0.3 is 6.01 Å². The molecule has 1 heterocycles. The van der Waals surface area contributed by atoms with Crippen LogP contribution >= 0.6 is 39.3 Å². The number of aromatic nitrogens is 2. The van der Waals surface area contributed by atoms with Crippen LogP contribution < -0.4 is 5.32 Å². The highest BCUT2D eigenvalue weighted by molar-refractivity contribution is 9.10. The summed E-state index contributed by atoms with van der Waals surface area (Å²) in [5, 5.41) is 11.3. The third-order valence-electron chi connectivity index (χ3n) is 3.27. The average molecular weight is 453 g/mol. The number of carbonyl (C=O) groups excluding carboxylic acids is 1. The first-order chi connectivity index (χ1) is 12.4. The van der Waals surface area contributed by atoms with Crippen LogP contribution in [0.3, 0.4) is 0 Å². The van der Waals surface area contributed by atoms with Gasteiger partial charge in [-0.05, 0) is 36.4 Å². The molecular formula is C18H15BrClN3O2S. The van der Waals surface area contributed by atoms with Crippen LogP contribution in [0.2, 0.25) is 5.02 Å². The Kier molecular flexibility index (Phi) is 6.01. The molecule has 0 unspecified atom stereocenters. The van der Waals surface area contributed by atoms with Crippen LogP contribution in [0.5, 0.6) is 0 Å². The van der Waals surface area contributed by atoms with Crippen LogP contribution in [0.1, 0.15) is 24.2 Å². The predicted molar refractivity (Wildman–Crippen MR) is 108 cm³/mol. The molecule has 3 aromatic rings. The second-order valence-corrected chi connectivity index (χ2v) is 8.66. The minimum absolute atomic E-state index is 0.0166. The highest BCUT2D eigenvalue weighted by Gasteiger charge is 2.16. The summed E-state index contributed by atoms with van der Waals surface area (Å²) in [6.07, 6.45) is 0. The lowest BCUT2D eigenvalue weighted by Gasteiger charge is -2.05. The first kappa shape index (κ1) is 18.9. The molecule has 0 saturated heterocycles. The van der Waals surface area contributed by atoms with Crippen molar-refractivity contribution in [1.82, 2.24) is 10.2 Å². The Morgan fingerprint density at radius 3 is 2.81 bits per heavy atom. The fourth-order valence-corrected chi connectivity index (χ4v) is 3.66. The smallest absolute Gasteiger partial charge is 0.322 e. The number of thioether (sulfide) groups is 1. The largest absolute Gasteiger partial charge is 0.403 e. The first-order valence-electron chi connectivity index (χ1n) is 7.79. The van der Waals surface area contributed by atoms with Crippen molar-refractivity contribution in [3.05, 3.63) is 57.5 Å². The van der Waals surface area contributed by atoms with Crippen molar-refractivity contribution in [2.24, 2.45) is 0 Å². The van der Waals surface area contributed by atoms with Gasteiger partial charge in [0.05, 0.1) is 10.6 Å². The number of nitrogens with zero attached hydrogens (tertiary/aromatic N) is 2. The lowest BCUT2D eigenvalue weighted by molar-refractivity contribution is 0.102. The van der Waals surface area contributed by atoms with Crippen molar-refractivity contribution in [2.45, 2.75) is 24.0 Å². The highest BCUT2D eigenvalue weighted by Crippen LogP contribution is 2.28. The molecule has 0 atom stereocenters. The van der Waals surface area contributed by atoms with Crippen LogP contribution in [-0.2, 0) is 0 Å². The first-order valence-corrected chi connectivity index (χ1v) is 9.84. The van der Waals surface area contributed by atoms with Crippen molar-refractivity contribution in [2.75, 3.05) is 5.32 Å². The molecule has 0 bridgehead atoms. The molecule has 134 valence electrons. The van der Waals surface area contributed by atoms with E-state index in [2.05, 4.69) is 45.3 Å². The van der Waals surface area contributed by atoms with Crippen molar-refractivity contribution in [3.8, 4) is 11.5 Å². The van der Waals surface area contributed by atoms with Gasteiger partial charge in [0.1, 0.15) is 0 Å². The number of benzene rings is 2. The van der Waals surface area contributed by atoms with Gasteiger partial charge in [0.15, 0.2) is 0 Å². The standard InChI is InChI=1S/C18H15BrClN3O2S/c1-10(2)26-13-5-3-4-11(8-13)17-22-23-18(25-17)21-16(24)14-9-12(19)6-7-15(14)20/h3-10H,1-2H3,(H,21,23,24). The van der Waals surface area contributed by atoms with E-state index in [1.165, 1.54) is 0 Å². The number of hydrogen-bond donors (Lipinski definition) is 1. The molecule has 0 aliphatic carbocycles. The van der Waals surface area contributed by atoms with Gasteiger partial charge in [-0.3, -0.25) is 10.1 Å². The van der Waals surface area contributed by atoms with E-state index in [1.54, 1.807) is 30.0 Å². The molecule has 26 heavy (non-hydrogen) atoms. The Morgan fingerprint density at radius 1 is 1.23 bits per heavy atom. The summed E-state index contributed by atoms with van der Waals surface area (Å²) in [6.45, 7) is 4.26. The number of amides is 1. The van der Waals surface area contributed by atoms with Crippen molar-refractivity contribution in [3.63, 3.8) is 0 Å². The lowest BCUT2D eigenvalue weighted by atomic mass is 10.2. The third-order valence-corrected chi connectivity index (χ3v) is 5.09. The van der Waals surface area contributed by atoms with E-state index in [4.69, 9.17) is 16.0 Å². The van der Waals surface area contributed by atoms with Crippen molar-refractivity contribution >= 4 is 51.2 Å². The summed E-state index contributed by atoms with van der Waals surface area (Å²) in [6, 6.07) is 12.9. The minimum Gasteiger partial charge on any atom is -0.403 e. The van der Waals surface area contributed by atoms with Crippen LogP contribution in [0, 0.1) is 0 Å². The molecule has 1 amide bonds. The maximum absolute atomic E-state index is 12.4. The van der Waals surface area contributed by atoms with Crippen LogP contribution in [0.15, 0.2) is 56.2 Å². The van der Waals surface area contributed by atoms with Gasteiger partial charge < -0.3 is 4.42 Å². The molecule has 5 nitrogen and oxygen atoms in total. The van der Waals surface area contributed by atoms with Gasteiger partial charge in [-0.2, -0.15) is 0 Å². The quantitative estimate of drug-likeness (QED) is 0.488. The third kappa shape index (κ3) is 4.66. The van der Waals surface area contributed by atoms with Crippen molar-refractivity contribution < 1.29 is 9.21 Å². The maximum Gasteiger partial charge on any atom is 0.322 e. The summed E-state index contributed by atoms with van der Waals surface area (Å²) in [4.78, 5) is 13.5. The second kappa shape index (κ2) is 8.24. The fourth-order valence-electron chi connectivity index (χ4n) is 2.20. The topological polar surface area (TPSA) is 68.0 Å². The number of nitrogens with one attached hydrogen (secondary N) is 1. The Bertz CT molecular complexity index is 946. The van der Waals surface area contributed by atoms with E-state index in [-0.39, 0.29) is 6.01 Å². The number of halogens is 2. The van der Waals surface area contributed by atoms with E-state index in [1.807, 2.05) is 24.3 Å². The second-order valence-electron chi connectivity index (χ2n) is 5.69. The Balaban J connectivity index is 1.78. The molecule has 0 aliphatic heterocycles. The van der Waals surface area contributed by atoms with Gasteiger partial charge in [0, 0.05) is 20.2 Å². The molecule has 0 fully saturated rings. The summed E-state index contributed by atoms with van der Waals surface area (Å²) < 4.78 is 6.32. The van der Waals surface area contributed by atoms with Crippen molar-refractivity contribution in [1.29, 1.82) is 0 Å². The number of rotatable bonds is 5. The number of anilines is 1. The van der Waals surface area contributed by atoms with Gasteiger partial charge in [-0.15, -0.1) is 16.9 Å². The highest BCUT2D eigenvalue weighted by atomic mass is 79.9. The van der Waals surface area contributed by atoms with Gasteiger partial charge in [-0.1, -0.05) is 52.5 Å². The zero-order valence-corrected chi connectivity index (χ0v) is 17.2. The normalized spacial score (nSPS) is 11.0. The van der Waals surface area contributed by atoms with Gasteiger partial charge in [-0.25, -0.2) is 0 Å². The summed E-state index contributed by atoms with van der Waals surface area (Å²) in [7, 11) is 0. The molecule has 2 aromatic carbocycles. The molecule has 0 aliphatic rings. The van der Waals surface area contributed by atoms with E-state index in [0.29, 0.717) is 21.7 Å². The van der Waals surface area contributed by atoms with E-state index >= 15 is 0 Å². The molecule has 8 heteroatoms. The molecule has 1 N–H and O–H groups in total. The van der Waals surface area contributed by atoms with Crippen LogP contribution in [-0.4, -0.2) is 21.4 Å². The average Bonchev–Trinajstić information content (AvgIpc) is 3.05. The SMILES string of the molecule is CC(C)Sc1cccc(-c2nnc(NC(=O)c3cc(Br)ccc3Cl)o2)c1. The summed E-state index contributed by atoms with van der Waals surface area (Å²) in [5.41, 5.74) is 1.11. The summed E-state index contributed by atoms with van der Waals surface area (Å²) in [5.74, 6) is -0.0811. The Labute approximate surface area is 168 Å². The molecule has 0 spiro atoms. The monoisotopic (exact) mass is 451 g/mol. The molecule has 0 radical (unpaired) electrons. The molecular weight excluding hydrogens is 438 g/mol. The Morgan fingerprint density at radius 2 is 2.04 bits per heavy atom. The van der Waals surface area contributed by atoms with Gasteiger partial charge in [0.25, 0.3) is 5.91 Å². The van der Waals surface area contributed by atoms with Gasteiger partial charge in [0.2, 0.25) is 5.89 Å². The predicted octanol–water partition coefficient (Wildman–Crippen LogP) is 5.91. The minimum atomic E-state index is -0.421. The lowest BCUT2D eigenvalue weighted by Crippen LogP contribution is -2.12. The van der Waals surface area contributed by atoms with Crippen LogP contribution in [0.4, 0.5) is 6.01 Å². The number of carbonyl (C=O) groups is 1. The summed E-state index contributed by atoms with van der Waals surface area (Å²) >= 11 is 11.1. The molecule has 1 aromatic heterocycles. The fraction of sp³-hybridized carbons (Fsp3) is 0.167. The Hall–Kier alpha value is -1.83. The van der Waals surface area contributed by atoms with E-state index < -0.39 is 5.91 Å². The van der Waals surface area contributed by atoms with Crippen LogP contribution in [0.25, 0.3) is 11.5 Å². The molecule has 0 saturated carbocycles. The number of hydrogen-bond acceptors (Lipinski definition) is 5. The zero-order valence-electron chi connectivity index (χ0n) is 14.0. The maximum atomic E-state index is 12.4. The zero-order chi connectivity index (χ0) is 18.7. The van der Waals surface area contributed by atoms with E-state index in [9.17, 15) is 4.79 Å². The van der Waals surface area contributed by atoms with E-state index in [0.717, 1.165) is 14.9 Å². The molecule has 3 rings (SSSR count).